The number of aliphatic hydroxyl groups is 1. The lowest BCUT2D eigenvalue weighted by molar-refractivity contribution is 0.00571. The van der Waals surface area contributed by atoms with Gasteiger partial charge in [0.25, 0.3) is 0 Å². The standard InChI is InChI=1S/C5H12N2O/c1-7-3-2-6-4-5(7)8/h5-6,8H,2-4H2,1H3. The van der Waals surface area contributed by atoms with E-state index >= 15 is 0 Å². The summed E-state index contributed by atoms with van der Waals surface area (Å²) in [5.74, 6) is 0. The van der Waals surface area contributed by atoms with Crippen molar-refractivity contribution in [3.63, 3.8) is 0 Å². The Morgan fingerprint density at radius 2 is 2.50 bits per heavy atom. The Morgan fingerprint density at radius 3 is 2.88 bits per heavy atom. The van der Waals surface area contributed by atoms with E-state index in [1.165, 1.54) is 0 Å². The predicted molar refractivity (Wildman–Crippen MR) is 31.5 cm³/mol. The van der Waals surface area contributed by atoms with Crippen LogP contribution in [0.5, 0.6) is 0 Å². The molecule has 0 radical (unpaired) electrons. The maximum atomic E-state index is 9.04. The summed E-state index contributed by atoms with van der Waals surface area (Å²) in [4.78, 5) is 1.93. The van der Waals surface area contributed by atoms with Gasteiger partial charge in [0.15, 0.2) is 0 Å². The highest BCUT2D eigenvalue weighted by Crippen LogP contribution is 1.93. The zero-order valence-corrected chi connectivity index (χ0v) is 5.09. The smallest absolute Gasteiger partial charge is 0.119 e. The first-order valence-electron chi connectivity index (χ1n) is 2.90. The van der Waals surface area contributed by atoms with E-state index in [9.17, 15) is 0 Å². The van der Waals surface area contributed by atoms with Crippen molar-refractivity contribution >= 4 is 0 Å². The molecule has 0 aromatic heterocycles. The molecule has 0 aromatic rings. The average Bonchev–Trinajstić information content (AvgIpc) is 1.77. The topological polar surface area (TPSA) is 35.5 Å². The van der Waals surface area contributed by atoms with E-state index in [0.29, 0.717) is 6.54 Å². The van der Waals surface area contributed by atoms with E-state index in [4.69, 9.17) is 5.11 Å². The molecule has 0 aliphatic carbocycles. The number of hydrogen-bond acceptors (Lipinski definition) is 3. The van der Waals surface area contributed by atoms with Crippen LogP contribution in [0.1, 0.15) is 0 Å². The first kappa shape index (κ1) is 6.01. The van der Waals surface area contributed by atoms with Crippen LogP contribution in [0.3, 0.4) is 0 Å². The minimum atomic E-state index is -0.274. The second-order valence-electron chi connectivity index (χ2n) is 2.17. The maximum absolute atomic E-state index is 9.04. The van der Waals surface area contributed by atoms with E-state index in [-0.39, 0.29) is 6.23 Å². The SMILES string of the molecule is CN1CCNCC1O. The fraction of sp³-hybridized carbons (Fsp3) is 1.00. The molecule has 3 nitrogen and oxygen atoms in total. The molecule has 0 aromatic carbocycles. The summed E-state index contributed by atoms with van der Waals surface area (Å²) in [6, 6.07) is 0. The number of likely N-dealkylation sites (N-methyl/N-ethyl adjacent to an activating group) is 1. The first-order valence-corrected chi connectivity index (χ1v) is 2.90. The van der Waals surface area contributed by atoms with E-state index in [1.807, 2.05) is 11.9 Å². The monoisotopic (exact) mass is 116 g/mol. The highest BCUT2D eigenvalue weighted by molar-refractivity contribution is 4.66. The van der Waals surface area contributed by atoms with Crippen molar-refractivity contribution in [1.29, 1.82) is 0 Å². The molecule has 0 saturated carbocycles. The van der Waals surface area contributed by atoms with Crippen LogP contribution in [0, 0.1) is 0 Å². The highest BCUT2D eigenvalue weighted by atomic mass is 16.3. The quantitative estimate of drug-likeness (QED) is 0.419. The van der Waals surface area contributed by atoms with E-state index in [1.54, 1.807) is 0 Å². The van der Waals surface area contributed by atoms with Gasteiger partial charge in [0.2, 0.25) is 0 Å². The fourth-order valence-corrected chi connectivity index (χ4v) is 0.791. The molecule has 48 valence electrons. The second kappa shape index (κ2) is 2.44. The third-order valence-electron chi connectivity index (χ3n) is 1.48. The van der Waals surface area contributed by atoms with Gasteiger partial charge in [-0.1, -0.05) is 0 Å². The predicted octanol–water partition coefficient (Wildman–Crippen LogP) is -1.16. The van der Waals surface area contributed by atoms with Crippen LogP contribution < -0.4 is 5.32 Å². The summed E-state index contributed by atoms with van der Waals surface area (Å²) in [5, 5.41) is 12.1. The Labute approximate surface area is 49.3 Å². The highest BCUT2D eigenvalue weighted by Gasteiger charge is 2.13. The number of nitrogens with one attached hydrogen (secondary N) is 1. The molecule has 0 spiro atoms. The number of nitrogens with zero attached hydrogens (tertiary/aromatic N) is 1. The van der Waals surface area contributed by atoms with Gasteiger partial charge in [-0.3, -0.25) is 4.90 Å². The van der Waals surface area contributed by atoms with Gasteiger partial charge in [-0.25, -0.2) is 0 Å². The summed E-state index contributed by atoms with van der Waals surface area (Å²) in [7, 11) is 1.92. The third-order valence-corrected chi connectivity index (χ3v) is 1.48. The summed E-state index contributed by atoms with van der Waals surface area (Å²) in [6.07, 6.45) is -0.274. The van der Waals surface area contributed by atoms with Crippen LogP contribution in [-0.2, 0) is 0 Å². The van der Waals surface area contributed by atoms with Crippen LogP contribution in [0.4, 0.5) is 0 Å². The van der Waals surface area contributed by atoms with Gasteiger partial charge >= 0.3 is 0 Å². The number of piperazine rings is 1. The number of β-amino-alcohol motifs (C(OH)–C–C–N with tert-alkyl or cyclic N) is 1. The Morgan fingerprint density at radius 1 is 1.75 bits per heavy atom. The average molecular weight is 116 g/mol. The number of rotatable bonds is 0. The van der Waals surface area contributed by atoms with Crippen molar-refractivity contribution in [2.75, 3.05) is 26.7 Å². The van der Waals surface area contributed by atoms with Crippen molar-refractivity contribution in [3.05, 3.63) is 0 Å². The van der Waals surface area contributed by atoms with Crippen molar-refractivity contribution < 1.29 is 5.11 Å². The zero-order chi connectivity index (χ0) is 5.98. The Bertz CT molecular complexity index is 66.8. The van der Waals surface area contributed by atoms with Gasteiger partial charge in [0.1, 0.15) is 6.23 Å². The third kappa shape index (κ3) is 1.18. The summed E-state index contributed by atoms with van der Waals surface area (Å²) < 4.78 is 0. The summed E-state index contributed by atoms with van der Waals surface area (Å²) in [5.41, 5.74) is 0. The molecule has 1 aliphatic rings. The minimum Gasteiger partial charge on any atom is -0.377 e. The lowest BCUT2D eigenvalue weighted by atomic mass is 10.4. The van der Waals surface area contributed by atoms with Gasteiger partial charge in [0.05, 0.1) is 0 Å². The molecule has 8 heavy (non-hydrogen) atoms. The molecule has 2 N–H and O–H groups in total. The lowest BCUT2D eigenvalue weighted by Crippen LogP contribution is -2.48. The van der Waals surface area contributed by atoms with E-state index < -0.39 is 0 Å². The summed E-state index contributed by atoms with van der Waals surface area (Å²) in [6.45, 7) is 2.64. The van der Waals surface area contributed by atoms with E-state index in [2.05, 4.69) is 5.32 Å². The van der Waals surface area contributed by atoms with Gasteiger partial charge in [-0.05, 0) is 7.05 Å². The van der Waals surface area contributed by atoms with Crippen LogP contribution in [0.15, 0.2) is 0 Å². The van der Waals surface area contributed by atoms with Gasteiger partial charge in [0, 0.05) is 19.6 Å². The molecule has 0 amide bonds. The molecule has 0 bridgehead atoms. The maximum Gasteiger partial charge on any atom is 0.119 e. The fourth-order valence-electron chi connectivity index (χ4n) is 0.791. The molecule has 1 atom stereocenters. The number of aliphatic hydroxyl groups excluding tert-OH is 1. The van der Waals surface area contributed by atoms with Crippen molar-refractivity contribution in [3.8, 4) is 0 Å². The van der Waals surface area contributed by atoms with Crippen molar-refractivity contribution in [2.24, 2.45) is 0 Å². The molecule has 3 heteroatoms. The van der Waals surface area contributed by atoms with Crippen LogP contribution in [0.2, 0.25) is 0 Å². The Hall–Kier alpha value is -0.120. The van der Waals surface area contributed by atoms with Crippen molar-refractivity contribution in [1.82, 2.24) is 10.2 Å². The molecule has 1 saturated heterocycles. The molecule has 1 rings (SSSR count). The van der Waals surface area contributed by atoms with Crippen molar-refractivity contribution in [2.45, 2.75) is 6.23 Å². The zero-order valence-electron chi connectivity index (χ0n) is 5.09. The van der Waals surface area contributed by atoms with Gasteiger partial charge in [-0.15, -0.1) is 0 Å². The van der Waals surface area contributed by atoms with Gasteiger partial charge < -0.3 is 10.4 Å². The molecule has 1 fully saturated rings. The lowest BCUT2D eigenvalue weighted by Gasteiger charge is -2.28. The molecular formula is C5H12N2O. The van der Waals surface area contributed by atoms with E-state index in [0.717, 1.165) is 13.1 Å². The van der Waals surface area contributed by atoms with Crippen LogP contribution in [0.25, 0.3) is 0 Å². The minimum absolute atomic E-state index is 0.274. The van der Waals surface area contributed by atoms with Crippen LogP contribution >= 0.6 is 0 Å². The molecule has 1 heterocycles. The molecule has 1 unspecified atom stereocenters. The van der Waals surface area contributed by atoms with Crippen LogP contribution in [-0.4, -0.2) is 42.9 Å². The normalized spacial score (nSPS) is 33.0. The number of hydrogen-bond donors (Lipinski definition) is 2. The molecular weight excluding hydrogens is 104 g/mol. The largest absolute Gasteiger partial charge is 0.377 e. The van der Waals surface area contributed by atoms with Gasteiger partial charge in [-0.2, -0.15) is 0 Å². The Kier molecular flexibility index (Phi) is 1.83. The first-order chi connectivity index (χ1) is 3.80. The Balaban J connectivity index is 2.28. The summed E-state index contributed by atoms with van der Waals surface area (Å²) >= 11 is 0. The second-order valence-corrected chi connectivity index (χ2v) is 2.17. The molecule has 1 aliphatic heterocycles.